The summed E-state index contributed by atoms with van der Waals surface area (Å²) in [6, 6.07) is 6.29. The summed E-state index contributed by atoms with van der Waals surface area (Å²) >= 11 is 0. The number of hydrogen-bond acceptors (Lipinski definition) is 3. The maximum absolute atomic E-state index is 10.7. The number of rotatable bonds is 3. The standard InChI is InChI=1S/C10H12N2O2S/c1-7(2)10(11)12-8-4-3-5-9(6-8)15(13)14/h3-6,15H,1H2,2H3,(H2,11,12). The molecule has 0 radical (unpaired) electrons. The molecule has 15 heavy (non-hydrogen) atoms. The molecule has 0 aromatic heterocycles. The van der Waals surface area contributed by atoms with E-state index in [4.69, 9.17) is 5.41 Å². The monoisotopic (exact) mass is 224 g/mol. The summed E-state index contributed by atoms with van der Waals surface area (Å²) in [5.41, 5.74) is 1.16. The number of amidine groups is 1. The fourth-order valence-electron chi connectivity index (χ4n) is 0.948. The van der Waals surface area contributed by atoms with Crippen LogP contribution in [0, 0.1) is 5.41 Å². The Hall–Kier alpha value is -1.62. The molecule has 0 unspecified atom stereocenters. The Morgan fingerprint density at radius 3 is 2.67 bits per heavy atom. The minimum absolute atomic E-state index is 0.174. The number of anilines is 1. The fourth-order valence-corrected chi connectivity index (χ4v) is 1.40. The molecule has 0 aliphatic carbocycles. The zero-order chi connectivity index (χ0) is 11.4. The average molecular weight is 224 g/mol. The van der Waals surface area contributed by atoms with Gasteiger partial charge in [-0.25, -0.2) is 8.42 Å². The highest BCUT2D eigenvalue weighted by Crippen LogP contribution is 2.12. The van der Waals surface area contributed by atoms with E-state index in [1.165, 1.54) is 12.1 Å². The summed E-state index contributed by atoms with van der Waals surface area (Å²) in [6.45, 7) is 5.30. The van der Waals surface area contributed by atoms with Gasteiger partial charge in [0.1, 0.15) is 5.84 Å². The lowest BCUT2D eigenvalue weighted by molar-refractivity contribution is 0.614. The van der Waals surface area contributed by atoms with Gasteiger partial charge in [-0.1, -0.05) is 12.6 Å². The summed E-state index contributed by atoms with van der Waals surface area (Å²) < 4.78 is 21.4. The summed E-state index contributed by atoms with van der Waals surface area (Å²) in [4.78, 5) is 0.226. The van der Waals surface area contributed by atoms with Gasteiger partial charge in [0.05, 0.1) is 4.90 Å². The third-order valence-electron chi connectivity index (χ3n) is 1.75. The number of thiol groups is 1. The van der Waals surface area contributed by atoms with E-state index in [0.717, 1.165) is 0 Å². The first-order valence-electron chi connectivity index (χ1n) is 4.26. The molecule has 5 heteroatoms. The Morgan fingerprint density at radius 2 is 2.13 bits per heavy atom. The second-order valence-corrected chi connectivity index (χ2v) is 4.12. The van der Waals surface area contributed by atoms with Gasteiger partial charge < -0.3 is 5.32 Å². The first kappa shape index (κ1) is 11.5. The molecule has 0 spiro atoms. The molecule has 0 heterocycles. The van der Waals surface area contributed by atoms with Gasteiger partial charge in [-0.3, -0.25) is 5.41 Å². The van der Waals surface area contributed by atoms with E-state index in [-0.39, 0.29) is 10.7 Å². The second-order valence-electron chi connectivity index (χ2n) is 3.09. The molecule has 0 saturated heterocycles. The van der Waals surface area contributed by atoms with Crippen LogP contribution in [0.1, 0.15) is 6.92 Å². The molecule has 0 bridgehead atoms. The molecule has 0 atom stereocenters. The van der Waals surface area contributed by atoms with Crippen molar-refractivity contribution >= 4 is 22.2 Å². The molecule has 0 saturated carbocycles. The van der Waals surface area contributed by atoms with Crippen LogP contribution in [0.2, 0.25) is 0 Å². The minimum atomic E-state index is -2.59. The number of nitrogens with one attached hydrogen (secondary N) is 2. The molecule has 80 valence electrons. The van der Waals surface area contributed by atoms with E-state index in [9.17, 15) is 8.42 Å². The molecule has 0 aliphatic heterocycles. The molecule has 1 rings (SSSR count). The van der Waals surface area contributed by atoms with Gasteiger partial charge >= 0.3 is 0 Å². The predicted molar refractivity (Wildman–Crippen MR) is 61.2 cm³/mol. The van der Waals surface area contributed by atoms with E-state index in [1.807, 2.05) is 0 Å². The van der Waals surface area contributed by atoms with E-state index in [2.05, 4.69) is 11.9 Å². The molecule has 2 N–H and O–H groups in total. The van der Waals surface area contributed by atoms with Gasteiger partial charge in [0.15, 0.2) is 10.7 Å². The van der Waals surface area contributed by atoms with Crippen molar-refractivity contribution in [2.24, 2.45) is 0 Å². The van der Waals surface area contributed by atoms with E-state index < -0.39 is 10.7 Å². The Bertz CT molecular complexity index is 470. The van der Waals surface area contributed by atoms with Crippen LogP contribution in [-0.4, -0.2) is 14.3 Å². The maximum atomic E-state index is 10.7. The van der Waals surface area contributed by atoms with Crippen molar-refractivity contribution in [3.05, 3.63) is 36.4 Å². The van der Waals surface area contributed by atoms with E-state index in [1.54, 1.807) is 19.1 Å². The van der Waals surface area contributed by atoms with E-state index in [0.29, 0.717) is 11.3 Å². The Kier molecular flexibility index (Phi) is 3.62. The van der Waals surface area contributed by atoms with Crippen molar-refractivity contribution in [2.75, 3.05) is 5.32 Å². The zero-order valence-electron chi connectivity index (χ0n) is 8.28. The van der Waals surface area contributed by atoms with Crippen LogP contribution in [0.15, 0.2) is 41.3 Å². The molecule has 0 amide bonds. The Balaban J connectivity index is 2.92. The zero-order valence-corrected chi connectivity index (χ0v) is 9.17. The Labute approximate surface area is 90.1 Å². The average Bonchev–Trinajstić information content (AvgIpc) is 2.18. The lowest BCUT2D eigenvalue weighted by Crippen LogP contribution is -2.10. The van der Waals surface area contributed by atoms with Crippen molar-refractivity contribution in [2.45, 2.75) is 11.8 Å². The molecular formula is C10H12N2O2S. The van der Waals surface area contributed by atoms with E-state index >= 15 is 0 Å². The highest BCUT2D eigenvalue weighted by molar-refractivity contribution is 7.72. The quantitative estimate of drug-likeness (QED) is 0.415. The summed E-state index contributed by atoms with van der Waals surface area (Å²) in [5, 5.41) is 10.3. The molecule has 4 nitrogen and oxygen atoms in total. The van der Waals surface area contributed by atoms with Crippen LogP contribution in [0.5, 0.6) is 0 Å². The number of hydrogen-bond donors (Lipinski definition) is 3. The van der Waals surface area contributed by atoms with Gasteiger partial charge in [-0.05, 0) is 30.7 Å². The number of benzene rings is 1. The first-order valence-corrected chi connectivity index (χ1v) is 5.44. The van der Waals surface area contributed by atoms with Crippen LogP contribution in [-0.2, 0) is 10.7 Å². The second kappa shape index (κ2) is 4.75. The lowest BCUT2D eigenvalue weighted by atomic mass is 10.2. The third kappa shape index (κ3) is 3.21. The maximum Gasteiger partial charge on any atom is 0.168 e. The SMILES string of the molecule is C=C(C)C(=N)Nc1cccc([SH](=O)=O)c1. The van der Waals surface area contributed by atoms with Gasteiger partial charge in [-0.15, -0.1) is 0 Å². The Morgan fingerprint density at radius 1 is 1.47 bits per heavy atom. The lowest BCUT2D eigenvalue weighted by Gasteiger charge is -2.07. The summed E-state index contributed by atoms with van der Waals surface area (Å²) in [7, 11) is -2.59. The fraction of sp³-hybridized carbons (Fsp3) is 0.100. The van der Waals surface area contributed by atoms with Gasteiger partial charge in [0.25, 0.3) is 0 Å². The third-order valence-corrected chi connectivity index (χ3v) is 2.45. The van der Waals surface area contributed by atoms with Crippen molar-refractivity contribution < 1.29 is 8.42 Å². The van der Waals surface area contributed by atoms with Gasteiger partial charge in [0.2, 0.25) is 0 Å². The van der Waals surface area contributed by atoms with Crippen molar-refractivity contribution in [1.82, 2.24) is 0 Å². The highest BCUT2D eigenvalue weighted by Gasteiger charge is 2.00. The minimum Gasteiger partial charge on any atom is -0.340 e. The van der Waals surface area contributed by atoms with Crippen LogP contribution >= 0.6 is 0 Å². The molecule has 0 fully saturated rings. The van der Waals surface area contributed by atoms with Crippen molar-refractivity contribution in [3.8, 4) is 0 Å². The summed E-state index contributed by atoms with van der Waals surface area (Å²) in [6.07, 6.45) is 0. The topological polar surface area (TPSA) is 70.0 Å². The highest BCUT2D eigenvalue weighted by atomic mass is 32.2. The van der Waals surface area contributed by atoms with Crippen LogP contribution in [0.3, 0.4) is 0 Å². The predicted octanol–water partition coefficient (Wildman–Crippen LogP) is 1.62. The van der Waals surface area contributed by atoms with Crippen molar-refractivity contribution in [1.29, 1.82) is 5.41 Å². The summed E-state index contributed by atoms with van der Waals surface area (Å²) in [5.74, 6) is 0.174. The smallest absolute Gasteiger partial charge is 0.168 e. The van der Waals surface area contributed by atoms with Crippen molar-refractivity contribution in [3.63, 3.8) is 0 Å². The van der Waals surface area contributed by atoms with Crippen LogP contribution < -0.4 is 5.32 Å². The van der Waals surface area contributed by atoms with Gasteiger partial charge in [0, 0.05) is 5.69 Å². The largest absolute Gasteiger partial charge is 0.340 e. The van der Waals surface area contributed by atoms with Gasteiger partial charge in [-0.2, -0.15) is 0 Å². The van der Waals surface area contributed by atoms with Crippen LogP contribution in [0.25, 0.3) is 0 Å². The molecule has 0 aliphatic rings. The molecular weight excluding hydrogens is 212 g/mol. The molecule has 1 aromatic rings. The normalized spacial score (nSPS) is 10.0. The van der Waals surface area contributed by atoms with Crippen LogP contribution in [0.4, 0.5) is 5.69 Å². The first-order chi connectivity index (χ1) is 7.00. The molecule has 1 aromatic carbocycles.